The van der Waals surface area contributed by atoms with E-state index < -0.39 is 4.92 Å². The maximum absolute atomic E-state index is 11.6. The molecule has 0 spiro atoms. The van der Waals surface area contributed by atoms with Crippen molar-refractivity contribution in [1.82, 2.24) is 0 Å². The number of halogens is 1. The Morgan fingerprint density at radius 2 is 2.29 bits per heavy atom. The number of benzene rings is 1. The highest BCUT2D eigenvalue weighted by molar-refractivity contribution is 9.09. The van der Waals surface area contributed by atoms with Crippen LogP contribution in [-0.4, -0.2) is 23.1 Å². The van der Waals surface area contributed by atoms with E-state index in [9.17, 15) is 14.9 Å². The van der Waals surface area contributed by atoms with E-state index in [4.69, 9.17) is 10.00 Å². The Labute approximate surface area is 105 Å². The molecule has 0 N–H and O–H groups in total. The monoisotopic (exact) mass is 298 g/mol. The van der Waals surface area contributed by atoms with Gasteiger partial charge in [-0.25, -0.2) is 0 Å². The molecule has 1 rings (SSSR count). The number of hydrogen-bond donors (Lipinski definition) is 0. The minimum atomic E-state index is -0.647. The molecule has 0 radical (unpaired) electrons. The van der Waals surface area contributed by atoms with Crippen LogP contribution in [0.4, 0.5) is 5.69 Å². The lowest BCUT2D eigenvalue weighted by Gasteiger charge is -2.07. The van der Waals surface area contributed by atoms with Gasteiger partial charge >= 0.3 is 0 Å². The Morgan fingerprint density at radius 3 is 2.71 bits per heavy atom. The molecule has 0 aromatic heterocycles. The Hall–Kier alpha value is -1.94. The van der Waals surface area contributed by atoms with E-state index in [1.54, 1.807) is 6.07 Å². The summed E-state index contributed by atoms with van der Waals surface area (Å²) >= 11 is 2.98. The van der Waals surface area contributed by atoms with Crippen LogP contribution in [0.15, 0.2) is 12.1 Å². The molecule has 7 heteroatoms. The number of nitrogens with zero attached hydrogens (tertiary/aromatic N) is 2. The molecular formula is C10H7BrN2O4. The molecule has 88 valence electrons. The van der Waals surface area contributed by atoms with E-state index in [0.717, 1.165) is 12.1 Å². The smallest absolute Gasteiger partial charge is 0.274 e. The second-order valence-electron chi connectivity index (χ2n) is 3.00. The van der Waals surface area contributed by atoms with Crippen LogP contribution in [-0.2, 0) is 0 Å². The zero-order valence-electron chi connectivity index (χ0n) is 8.77. The molecule has 0 atom stereocenters. The van der Waals surface area contributed by atoms with E-state index in [2.05, 4.69) is 15.9 Å². The fourth-order valence-corrected chi connectivity index (χ4v) is 1.59. The van der Waals surface area contributed by atoms with E-state index in [1.165, 1.54) is 7.11 Å². The summed E-state index contributed by atoms with van der Waals surface area (Å²) < 4.78 is 4.90. The minimum absolute atomic E-state index is 0.00977. The zero-order chi connectivity index (χ0) is 13.0. The van der Waals surface area contributed by atoms with Gasteiger partial charge in [-0.2, -0.15) is 5.26 Å². The number of carbonyl (C=O) groups is 1. The molecule has 0 aliphatic heterocycles. The van der Waals surface area contributed by atoms with Crippen LogP contribution in [0.25, 0.3) is 0 Å². The first kappa shape index (κ1) is 13.1. The quantitative estimate of drug-likeness (QED) is 0.367. The number of alkyl halides is 1. The summed E-state index contributed by atoms with van der Waals surface area (Å²) in [5.74, 6) is -0.339. The van der Waals surface area contributed by atoms with Gasteiger partial charge in [-0.15, -0.1) is 0 Å². The number of ketones is 1. The van der Waals surface area contributed by atoms with Gasteiger partial charge in [0.05, 0.1) is 34.6 Å². The third-order valence-corrected chi connectivity index (χ3v) is 2.55. The highest BCUT2D eigenvalue weighted by atomic mass is 79.9. The molecule has 17 heavy (non-hydrogen) atoms. The van der Waals surface area contributed by atoms with Gasteiger partial charge in [0.15, 0.2) is 5.78 Å². The lowest BCUT2D eigenvalue weighted by molar-refractivity contribution is -0.384. The van der Waals surface area contributed by atoms with Crippen molar-refractivity contribution >= 4 is 27.4 Å². The van der Waals surface area contributed by atoms with Gasteiger partial charge in [0.25, 0.3) is 5.69 Å². The van der Waals surface area contributed by atoms with Crippen molar-refractivity contribution in [3.05, 3.63) is 33.4 Å². The molecule has 0 amide bonds. The molecule has 0 heterocycles. The van der Waals surface area contributed by atoms with Gasteiger partial charge in [0.2, 0.25) is 0 Å². The van der Waals surface area contributed by atoms with Crippen LogP contribution in [0.2, 0.25) is 0 Å². The van der Waals surface area contributed by atoms with E-state index in [1.807, 2.05) is 0 Å². The second kappa shape index (κ2) is 5.41. The summed E-state index contributed by atoms with van der Waals surface area (Å²) in [6, 6.07) is 3.93. The first-order valence-corrected chi connectivity index (χ1v) is 5.53. The van der Waals surface area contributed by atoms with Crippen molar-refractivity contribution < 1.29 is 14.5 Å². The largest absolute Gasteiger partial charge is 0.496 e. The topological polar surface area (TPSA) is 93.2 Å². The fourth-order valence-electron chi connectivity index (χ4n) is 1.31. The van der Waals surface area contributed by atoms with Gasteiger partial charge in [0.1, 0.15) is 11.8 Å². The summed E-state index contributed by atoms with van der Waals surface area (Å²) in [4.78, 5) is 21.6. The number of nitro benzene ring substituents is 1. The van der Waals surface area contributed by atoms with Crippen LogP contribution in [0, 0.1) is 21.4 Å². The number of nitriles is 1. The Bertz CT molecular complexity index is 522. The van der Waals surface area contributed by atoms with Gasteiger partial charge in [0, 0.05) is 6.07 Å². The van der Waals surface area contributed by atoms with E-state index in [0.29, 0.717) is 0 Å². The maximum Gasteiger partial charge on any atom is 0.274 e. The molecule has 0 aliphatic rings. The number of hydrogen-bond acceptors (Lipinski definition) is 5. The van der Waals surface area contributed by atoms with Crippen molar-refractivity contribution in [2.45, 2.75) is 0 Å². The van der Waals surface area contributed by atoms with Gasteiger partial charge < -0.3 is 4.74 Å². The van der Waals surface area contributed by atoms with Crippen LogP contribution in [0.1, 0.15) is 15.9 Å². The highest BCUT2D eigenvalue weighted by Gasteiger charge is 2.21. The Kier molecular flexibility index (Phi) is 4.17. The molecule has 0 fully saturated rings. The van der Waals surface area contributed by atoms with Crippen molar-refractivity contribution in [3.63, 3.8) is 0 Å². The summed E-state index contributed by atoms with van der Waals surface area (Å²) in [6.45, 7) is 0. The average Bonchev–Trinajstić information content (AvgIpc) is 2.35. The summed E-state index contributed by atoms with van der Waals surface area (Å²) in [5, 5.41) is 19.5. The normalized spacial score (nSPS) is 9.47. The zero-order valence-corrected chi connectivity index (χ0v) is 10.4. The number of carbonyl (C=O) groups excluding carboxylic acids is 1. The Morgan fingerprint density at radius 1 is 1.65 bits per heavy atom. The van der Waals surface area contributed by atoms with Gasteiger partial charge in [-0.3, -0.25) is 14.9 Å². The summed E-state index contributed by atoms with van der Waals surface area (Å²) in [6.07, 6.45) is 0. The number of rotatable bonds is 4. The number of non-ortho nitro benzene ring substituents is 1. The maximum atomic E-state index is 11.6. The molecular weight excluding hydrogens is 292 g/mol. The van der Waals surface area contributed by atoms with E-state index in [-0.39, 0.29) is 33.7 Å². The van der Waals surface area contributed by atoms with E-state index >= 15 is 0 Å². The van der Waals surface area contributed by atoms with Crippen molar-refractivity contribution in [2.75, 3.05) is 12.4 Å². The second-order valence-corrected chi connectivity index (χ2v) is 3.56. The van der Waals surface area contributed by atoms with Crippen molar-refractivity contribution in [1.29, 1.82) is 5.26 Å². The SMILES string of the molecule is COc1cc([N+](=O)[O-])cc(C#N)c1C(=O)CBr. The van der Waals surface area contributed by atoms with Crippen molar-refractivity contribution in [2.24, 2.45) is 0 Å². The molecule has 1 aromatic rings. The number of Topliss-reactive ketones (excluding diaryl/α,β-unsaturated/α-hetero) is 1. The first-order chi connectivity index (χ1) is 8.04. The standard InChI is InChI=1S/C10H7BrN2O4/c1-17-9-3-7(13(15)16)2-6(5-12)10(9)8(14)4-11/h2-3H,4H2,1H3. The third-order valence-electron chi connectivity index (χ3n) is 2.04. The highest BCUT2D eigenvalue weighted by Crippen LogP contribution is 2.29. The molecule has 0 aliphatic carbocycles. The van der Waals surface area contributed by atoms with Crippen LogP contribution in [0.5, 0.6) is 5.75 Å². The lowest BCUT2D eigenvalue weighted by Crippen LogP contribution is -2.07. The molecule has 0 saturated heterocycles. The third kappa shape index (κ3) is 2.60. The predicted octanol–water partition coefficient (Wildman–Crippen LogP) is 2.05. The molecule has 1 aromatic carbocycles. The summed E-state index contributed by atoms with van der Waals surface area (Å²) in [7, 11) is 1.28. The fraction of sp³-hybridized carbons (Fsp3) is 0.200. The predicted molar refractivity (Wildman–Crippen MR) is 62.5 cm³/mol. The number of methoxy groups -OCH3 is 1. The lowest BCUT2D eigenvalue weighted by atomic mass is 10.0. The first-order valence-electron chi connectivity index (χ1n) is 4.40. The number of nitro groups is 1. The van der Waals surface area contributed by atoms with Crippen molar-refractivity contribution in [3.8, 4) is 11.8 Å². The van der Waals surface area contributed by atoms with Crippen LogP contribution in [0.3, 0.4) is 0 Å². The molecule has 0 bridgehead atoms. The van der Waals surface area contributed by atoms with Crippen LogP contribution < -0.4 is 4.74 Å². The summed E-state index contributed by atoms with van der Waals surface area (Å²) in [5.41, 5.74) is -0.303. The molecule has 6 nitrogen and oxygen atoms in total. The number of ether oxygens (including phenoxy) is 1. The van der Waals surface area contributed by atoms with Gasteiger partial charge in [-0.1, -0.05) is 15.9 Å². The van der Waals surface area contributed by atoms with Gasteiger partial charge in [-0.05, 0) is 0 Å². The van der Waals surface area contributed by atoms with Crippen LogP contribution >= 0.6 is 15.9 Å². The molecule has 0 unspecified atom stereocenters. The molecule has 0 saturated carbocycles. The minimum Gasteiger partial charge on any atom is -0.496 e. The Balaban J connectivity index is 3.54. The average molecular weight is 299 g/mol.